The maximum absolute atomic E-state index is 10.6. The Morgan fingerprint density at radius 2 is 2.50 bits per heavy atom. The number of nitrogens with zero attached hydrogens (tertiary/aromatic N) is 2. The monoisotopic (exact) mass is 231 g/mol. The van der Waals surface area contributed by atoms with Crippen molar-refractivity contribution in [2.45, 2.75) is 6.54 Å². The molecule has 0 fully saturated rings. The molecule has 1 aromatic rings. The fourth-order valence-electron chi connectivity index (χ4n) is 1.19. The molecule has 1 aliphatic heterocycles. The van der Waals surface area contributed by atoms with Gasteiger partial charge >= 0.3 is 5.97 Å². The second kappa shape index (κ2) is 2.48. The zero-order valence-electron chi connectivity index (χ0n) is 6.04. The van der Waals surface area contributed by atoms with Crippen molar-refractivity contribution in [3.63, 3.8) is 0 Å². The summed E-state index contributed by atoms with van der Waals surface area (Å²) in [5.74, 6) is -0.384. The Morgan fingerprint density at radius 3 is 3.08 bits per heavy atom. The fraction of sp³-hybridized carbons (Fsp3) is 0.333. The number of aromatic carboxylic acids is 1. The van der Waals surface area contributed by atoms with Crippen molar-refractivity contribution >= 4 is 27.8 Å². The summed E-state index contributed by atoms with van der Waals surface area (Å²) in [5.41, 5.74) is 0.0669. The van der Waals surface area contributed by atoms with E-state index >= 15 is 0 Å². The van der Waals surface area contributed by atoms with E-state index in [9.17, 15) is 4.79 Å². The molecule has 0 unspecified atom stereocenters. The minimum atomic E-state index is -1.01. The van der Waals surface area contributed by atoms with Gasteiger partial charge in [0.2, 0.25) is 5.95 Å². The number of hydrogen-bond acceptors (Lipinski definition) is 3. The molecule has 1 aromatic heterocycles. The lowest BCUT2D eigenvalue weighted by atomic mass is 10.5. The minimum absolute atomic E-state index is 0.0669. The summed E-state index contributed by atoms with van der Waals surface area (Å²) < 4.78 is 2.33. The number of halogens is 1. The van der Waals surface area contributed by atoms with E-state index in [4.69, 9.17) is 5.11 Å². The molecule has 2 heterocycles. The molecule has 0 saturated heterocycles. The molecule has 2 rings (SSSR count). The van der Waals surface area contributed by atoms with E-state index in [0.29, 0.717) is 10.6 Å². The van der Waals surface area contributed by atoms with E-state index in [2.05, 4.69) is 26.2 Å². The van der Waals surface area contributed by atoms with E-state index in [1.54, 1.807) is 4.57 Å². The Labute approximate surface area is 76.5 Å². The SMILES string of the molecule is O=C(O)c1nc2n(c1Br)CCN2. The number of fused-ring (bicyclic) bond motifs is 1. The molecule has 0 aromatic carbocycles. The van der Waals surface area contributed by atoms with Crippen LogP contribution < -0.4 is 5.32 Å². The third-order valence-corrected chi connectivity index (χ3v) is 2.53. The van der Waals surface area contributed by atoms with Gasteiger partial charge in [0.05, 0.1) is 0 Å². The number of nitrogens with one attached hydrogen (secondary N) is 1. The predicted octanol–water partition coefficient (Wildman–Crippen LogP) is 0.769. The molecular formula is C6H6BrN3O2. The molecule has 1 aliphatic rings. The predicted molar refractivity (Wildman–Crippen MR) is 45.4 cm³/mol. The van der Waals surface area contributed by atoms with Crippen LogP contribution in [0.5, 0.6) is 0 Å². The van der Waals surface area contributed by atoms with E-state index in [1.165, 1.54) is 0 Å². The molecule has 2 N–H and O–H groups in total. The van der Waals surface area contributed by atoms with Crippen molar-refractivity contribution in [3.8, 4) is 0 Å². The number of carboxylic acids is 1. The molecule has 0 amide bonds. The van der Waals surface area contributed by atoms with Gasteiger partial charge < -0.3 is 15.0 Å². The second-order valence-corrected chi connectivity index (χ2v) is 3.21. The number of rotatable bonds is 1. The van der Waals surface area contributed by atoms with Crippen molar-refractivity contribution < 1.29 is 9.90 Å². The van der Waals surface area contributed by atoms with Gasteiger partial charge in [-0.05, 0) is 15.9 Å². The first-order chi connectivity index (χ1) is 5.70. The molecular weight excluding hydrogens is 226 g/mol. The second-order valence-electron chi connectivity index (χ2n) is 2.46. The van der Waals surface area contributed by atoms with Crippen LogP contribution in [0.3, 0.4) is 0 Å². The van der Waals surface area contributed by atoms with Gasteiger partial charge in [-0.3, -0.25) is 0 Å². The van der Waals surface area contributed by atoms with Crippen LogP contribution >= 0.6 is 15.9 Å². The van der Waals surface area contributed by atoms with Crippen LogP contribution in [0.1, 0.15) is 10.5 Å². The third-order valence-electron chi connectivity index (χ3n) is 1.73. The molecule has 0 radical (unpaired) electrons. The molecule has 0 aliphatic carbocycles. The maximum Gasteiger partial charge on any atom is 0.357 e. The number of carbonyl (C=O) groups is 1. The summed E-state index contributed by atoms with van der Waals surface area (Å²) in [6, 6.07) is 0. The quantitative estimate of drug-likeness (QED) is 0.750. The number of hydrogen-bond donors (Lipinski definition) is 2. The van der Waals surface area contributed by atoms with E-state index < -0.39 is 5.97 Å². The lowest BCUT2D eigenvalue weighted by Crippen LogP contribution is -2.02. The van der Waals surface area contributed by atoms with Crippen molar-refractivity contribution in [1.82, 2.24) is 9.55 Å². The van der Waals surface area contributed by atoms with Crippen LogP contribution in [-0.4, -0.2) is 27.2 Å². The number of anilines is 1. The summed E-state index contributed by atoms with van der Waals surface area (Å²) >= 11 is 3.18. The van der Waals surface area contributed by atoms with Gasteiger partial charge in [-0.2, -0.15) is 0 Å². The summed E-state index contributed by atoms with van der Waals surface area (Å²) in [7, 11) is 0. The Balaban J connectivity index is 2.54. The van der Waals surface area contributed by atoms with Crippen LogP contribution in [0, 0.1) is 0 Å². The van der Waals surface area contributed by atoms with Gasteiger partial charge in [0.15, 0.2) is 5.69 Å². The smallest absolute Gasteiger partial charge is 0.357 e. The van der Waals surface area contributed by atoms with Crippen molar-refractivity contribution in [1.29, 1.82) is 0 Å². The lowest BCUT2D eigenvalue weighted by molar-refractivity contribution is 0.0690. The molecule has 5 nitrogen and oxygen atoms in total. The molecule has 12 heavy (non-hydrogen) atoms. The Morgan fingerprint density at radius 1 is 1.75 bits per heavy atom. The highest BCUT2D eigenvalue weighted by Crippen LogP contribution is 2.24. The van der Waals surface area contributed by atoms with Gasteiger partial charge in [-0.1, -0.05) is 0 Å². The summed E-state index contributed by atoms with van der Waals surface area (Å²) in [4.78, 5) is 14.5. The standard InChI is InChI=1S/C6H6BrN3O2/c7-4-3(5(11)12)9-6-8-1-2-10(4)6/h1-2H2,(H,8,9)(H,11,12). The topological polar surface area (TPSA) is 67.1 Å². The Kier molecular flexibility index (Phi) is 1.57. The highest BCUT2D eigenvalue weighted by atomic mass is 79.9. The number of aromatic nitrogens is 2. The van der Waals surface area contributed by atoms with Gasteiger partial charge in [0.25, 0.3) is 0 Å². The van der Waals surface area contributed by atoms with Gasteiger partial charge in [-0.15, -0.1) is 0 Å². The number of carboxylic acid groups (broad SMARTS) is 1. The Bertz CT molecular complexity index is 347. The van der Waals surface area contributed by atoms with E-state index in [0.717, 1.165) is 13.1 Å². The van der Waals surface area contributed by atoms with Crippen LogP contribution in [0.2, 0.25) is 0 Å². The van der Waals surface area contributed by atoms with Crippen molar-refractivity contribution in [3.05, 3.63) is 10.3 Å². The summed E-state index contributed by atoms with van der Waals surface area (Å²) in [6.45, 7) is 1.57. The average molecular weight is 232 g/mol. The molecule has 6 heteroatoms. The van der Waals surface area contributed by atoms with Gasteiger partial charge in [0, 0.05) is 13.1 Å². The third kappa shape index (κ3) is 0.911. The molecule has 0 bridgehead atoms. The normalized spacial score (nSPS) is 14.1. The zero-order valence-corrected chi connectivity index (χ0v) is 7.63. The van der Waals surface area contributed by atoms with Gasteiger partial charge in [-0.25, -0.2) is 9.78 Å². The van der Waals surface area contributed by atoms with E-state index in [-0.39, 0.29) is 5.69 Å². The van der Waals surface area contributed by atoms with Crippen LogP contribution in [0.15, 0.2) is 4.60 Å². The van der Waals surface area contributed by atoms with Crippen molar-refractivity contribution in [2.75, 3.05) is 11.9 Å². The highest BCUT2D eigenvalue weighted by Gasteiger charge is 2.22. The van der Waals surface area contributed by atoms with Crippen molar-refractivity contribution in [2.24, 2.45) is 0 Å². The van der Waals surface area contributed by atoms with Crippen LogP contribution in [0.25, 0.3) is 0 Å². The first kappa shape index (κ1) is 7.60. The summed E-state index contributed by atoms with van der Waals surface area (Å²) in [5, 5.41) is 11.7. The largest absolute Gasteiger partial charge is 0.476 e. The highest BCUT2D eigenvalue weighted by molar-refractivity contribution is 9.10. The molecule has 0 atom stereocenters. The average Bonchev–Trinajstić information content (AvgIpc) is 2.53. The van der Waals surface area contributed by atoms with Crippen LogP contribution in [-0.2, 0) is 6.54 Å². The maximum atomic E-state index is 10.6. The molecule has 0 saturated carbocycles. The van der Waals surface area contributed by atoms with E-state index in [1.807, 2.05) is 0 Å². The lowest BCUT2D eigenvalue weighted by Gasteiger charge is -1.94. The minimum Gasteiger partial charge on any atom is -0.476 e. The molecule has 0 spiro atoms. The van der Waals surface area contributed by atoms with Crippen LogP contribution in [0.4, 0.5) is 5.95 Å². The number of imidazole rings is 1. The fourth-order valence-corrected chi connectivity index (χ4v) is 1.79. The molecule has 64 valence electrons. The zero-order chi connectivity index (χ0) is 8.72. The Hall–Kier alpha value is -1.04. The van der Waals surface area contributed by atoms with Gasteiger partial charge in [0.1, 0.15) is 4.60 Å². The summed E-state index contributed by atoms with van der Waals surface area (Å²) in [6.07, 6.45) is 0. The first-order valence-electron chi connectivity index (χ1n) is 3.43. The first-order valence-corrected chi connectivity index (χ1v) is 4.22.